The normalized spacial score (nSPS) is 10.3. The van der Waals surface area contributed by atoms with Gasteiger partial charge in [0.15, 0.2) is 0 Å². The van der Waals surface area contributed by atoms with Gasteiger partial charge in [0, 0.05) is 31.4 Å². The summed E-state index contributed by atoms with van der Waals surface area (Å²) >= 11 is 0. The molecule has 2 rings (SSSR count). The van der Waals surface area contributed by atoms with Crippen molar-refractivity contribution in [2.24, 2.45) is 0 Å². The molecule has 0 aliphatic carbocycles. The van der Waals surface area contributed by atoms with Crippen LogP contribution in [0.4, 0.5) is 5.82 Å². The topological polar surface area (TPSA) is 45.2 Å². The minimum atomic E-state index is -0.0644. The number of aromatic nitrogens is 1. The molecule has 0 atom stereocenters. The molecule has 1 N–H and O–H groups in total. The molecule has 1 heterocycles. The summed E-state index contributed by atoms with van der Waals surface area (Å²) in [4.78, 5) is 19.0. The lowest BCUT2D eigenvalue weighted by atomic mass is 10.2. The van der Waals surface area contributed by atoms with E-state index in [0.29, 0.717) is 12.1 Å². The van der Waals surface area contributed by atoms with Crippen LogP contribution >= 0.6 is 0 Å². The van der Waals surface area contributed by atoms with Crippen LogP contribution in [0.1, 0.15) is 42.6 Å². The number of amides is 1. The molecule has 2 aromatic rings. The number of nitrogens with one attached hydrogen (secondary N) is 1. The summed E-state index contributed by atoms with van der Waals surface area (Å²) in [7, 11) is 0. The molecule has 0 fully saturated rings. The van der Waals surface area contributed by atoms with Crippen molar-refractivity contribution in [1.82, 2.24) is 10.3 Å². The monoisotopic (exact) mass is 311 g/mol. The number of pyridine rings is 1. The zero-order valence-electron chi connectivity index (χ0n) is 14.0. The molecule has 0 unspecified atom stereocenters. The molecule has 1 aromatic carbocycles. The summed E-state index contributed by atoms with van der Waals surface area (Å²) in [6, 6.07) is 13.6. The van der Waals surface area contributed by atoms with Crippen LogP contribution in [0.25, 0.3) is 0 Å². The molecule has 0 radical (unpaired) electrons. The Hall–Kier alpha value is -2.36. The summed E-state index contributed by atoms with van der Waals surface area (Å²) in [5, 5.41) is 2.96. The molecule has 0 aliphatic rings. The number of anilines is 1. The standard InChI is InChI=1S/C19H25N3O/c1-3-12-22(13-4-2)18-14-17(10-11-20-18)19(23)21-15-16-8-6-5-7-9-16/h5-11,14H,3-4,12-13,15H2,1-2H3,(H,21,23). The highest BCUT2D eigenvalue weighted by Gasteiger charge is 2.10. The van der Waals surface area contributed by atoms with Crippen LogP contribution in [-0.2, 0) is 6.54 Å². The Morgan fingerprint density at radius 3 is 2.43 bits per heavy atom. The Balaban J connectivity index is 2.04. The maximum atomic E-state index is 12.4. The van der Waals surface area contributed by atoms with Crippen LogP contribution in [0.15, 0.2) is 48.7 Å². The summed E-state index contributed by atoms with van der Waals surface area (Å²) in [6.45, 7) is 6.75. The maximum absolute atomic E-state index is 12.4. The Kier molecular flexibility index (Phi) is 6.60. The first-order valence-corrected chi connectivity index (χ1v) is 8.27. The molecule has 0 bridgehead atoms. The van der Waals surface area contributed by atoms with Crippen LogP contribution in [0.3, 0.4) is 0 Å². The summed E-state index contributed by atoms with van der Waals surface area (Å²) in [5.74, 6) is 0.812. The second-order valence-corrected chi connectivity index (χ2v) is 5.56. The molecule has 0 spiro atoms. The molecule has 0 saturated heterocycles. The molecule has 23 heavy (non-hydrogen) atoms. The fourth-order valence-corrected chi connectivity index (χ4v) is 2.49. The lowest BCUT2D eigenvalue weighted by Gasteiger charge is -2.22. The van der Waals surface area contributed by atoms with Crippen molar-refractivity contribution >= 4 is 11.7 Å². The van der Waals surface area contributed by atoms with Gasteiger partial charge < -0.3 is 10.2 Å². The van der Waals surface area contributed by atoms with Gasteiger partial charge in [-0.1, -0.05) is 44.2 Å². The van der Waals surface area contributed by atoms with E-state index in [9.17, 15) is 4.79 Å². The number of carbonyl (C=O) groups is 1. The Labute approximate surface area is 138 Å². The number of hydrogen-bond acceptors (Lipinski definition) is 3. The van der Waals surface area contributed by atoms with Crippen LogP contribution < -0.4 is 10.2 Å². The SMILES string of the molecule is CCCN(CCC)c1cc(C(=O)NCc2ccccc2)ccn1. The van der Waals surface area contributed by atoms with Crippen molar-refractivity contribution in [1.29, 1.82) is 0 Å². The second kappa shape index (κ2) is 8.93. The largest absolute Gasteiger partial charge is 0.357 e. The van der Waals surface area contributed by atoms with Crippen LogP contribution in [0, 0.1) is 0 Å². The van der Waals surface area contributed by atoms with Crippen molar-refractivity contribution < 1.29 is 4.79 Å². The summed E-state index contributed by atoms with van der Waals surface area (Å²) in [5.41, 5.74) is 1.75. The number of benzene rings is 1. The number of hydrogen-bond donors (Lipinski definition) is 1. The van der Waals surface area contributed by atoms with E-state index in [2.05, 4.69) is 29.0 Å². The highest BCUT2D eigenvalue weighted by molar-refractivity contribution is 5.94. The van der Waals surface area contributed by atoms with Gasteiger partial charge in [0.2, 0.25) is 0 Å². The maximum Gasteiger partial charge on any atom is 0.251 e. The Morgan fingerprint density at radius 1 is 1.09 bits per heavy atom. The van der Waals surface area contributed by atoms with Gasteiger partial charge >= 0.3 is 0 Å². The zero-order chi connectivity index (χ0) is 16.5. The molecular weight excluding hydrogens is 286 g/mol. The smallest absolute Gasteiger partial charge is 0.251 e. The summed E-state index contributed by atoms with van der Waals surface area (Å²) < 4.78 is 0. The van der Waals surface area contributed by atoms with Crippen molar-refractivity contribution in [2.75, 3.05) is 18.0 Å². The Morgan fingerprint density at radius 2 is 1.78 bits per heavy atom. The molecule has 122 valence electrons. The number of nitrogens with zero attached hydrogens (tertiary/aromatic N) is 2. The van der Waals surface area contributed by atoms with Crippen molar-refractivity contribution in [3.63, 3.8) is 0 Å². The summed E-state index contributed by atoms with van der Waals surface area (Å²) in [6.07, 6.45) is 3.84. The lowest BCUT2D eigenvalue weighted by molar-refractivity contribution is 0.0951. The second-order valence-electron chi connectivity index (χ2n) is 5.56. The van der Waals surface area contributed by atoms with E-state index in [-0.39, 0.29) is 5.91 Å². The molecule has 0 saturated carbocycles. The van der Waals surface area contributed by atoms with Crippen molar-refractivity contribution in [3.05, 3.63) is 59.8 Å². The average molecular weight is 311 g/mol. The molecular formula is C19H25N3O. The molecule has 0 aliphatic heterocycles. The Bertz CT molecular complexity index is 607. The zero-order valence-corrected chi connectivity index (χ0v) is 14.0. The first kappa shape index (κ1) is 17.0. The lowest BCUT2D eigenvalue weighted by Crippen LogP contribution is -2.27. The van der Waals surface area contributed by atoms with Gasteiger partial charge in [-0.15, -0.1) is 0 Å². The van der Waals surface area contributed by atoms with Gasteiger partial charge in [-0.25, -0.2) is 4.98 Å². The van der Waals surface area contributed by atoms with E-state index in [1.54, 1.807) is 12.3 Å². The fraction of sp³-hybridized carbons (Fsp3) is 0.368. The predicted octanol–water partition coefficient (Wildman–Crippen LogP) is 3.64. The van der Waals surface area contributed by atoms with Gasteiger partial charge in [-0.05, 0) is 30.5 Å². The molecule has 4 nitrogen and oxygen atoms in total. The van der Waals surface area contributed by atoms with E-state index in [0.717, 1.165) is 37.3 Å². The van der Waals surface area contributed by atoms with Crippen LogP contribution in [0.2, 0.25) is 0 Å². The van der Waals surface area contributed by atoms with Crippen LogP contribution in [0.5, 0.6) is 0 Å². The van der Waals surface area contributed by atoms with E-state index < -0.39 is 0 Å². The molecule has 4 heteroatoms. The van der Waals surface area contributed by atoms with Gasteiger partial charge in [-0.2, -0.15) is 0 Å². The highest BCUT2D eigenvalue weighted by atomic mass is 16.1. The highest BCUT2D eigenvalue weighted by Crippen LogP contribution is 2.14. The van der Waals surface area contributed by atoms with Gasteiger partial charge in [0.05, 0.1) is 0 Å². The predicted molar refractivity (Wildman–Crippen MR) is 94.6 cm³/mol. The molecule has 1 aromatic heterocycles. The number of rotatable bonds is 8. The van der Waals surface area contributed by atoms with Crippen LogP contribution in [-0.4, -0.2) is 24.0 Å². The third-order valence-electron chi connectivity index (χ3n) is 3.61. The third-order valence-corrected chi connectivity index (χ3v) is 3.61. The minimum absolute atomic E-state index is 0.0644. The third kappa shape index (κ3) is 5.09. The van der Waals surface area contributed by atoms with Gasteiger partial charge in [0.1, 0.15) is 5.82 Å². The number of carbonyl (C=O) groups excluding carboxylic acids is 1. The quantitative estimate of drug-likeness (QED) is 0.809. The van der Waals surface area contributed by atoms with Gasteiger partial charge in [0.25, 0.3) is 5.91 Å². The van der Waals surface area contributed by atoms with Crippen molar-refractivity contribution in [3.8, 4) is 0 Å². The van der Waals surface area contributed by atoms with E-state index in [1.807, 2.05) is 36.4 Å². The molecule has 1 amide bonds. The minimum Gasteiger partial charge on any atom is -0.357 e. The first-order valence-electron chi connectivity index (χ1n) is 8.27. The fourth-order valence-electron chi connectivity index (χ4n) is 2.49. The van der Waals surface area contributed by atoms with E-state index in [4.69, 9.17) is 0 Å². The first-order chi connectivity index (χ1) is 11.2. The van der Waals surface area contributed by atoms with Crippen molar-refractivity contribution in [2.45, 2.75) is 33.2 Å². The van der Waals surface area contributed by atoms with Gasteiger partial charge in [-0.3, -0.25) is 4.79 Å². The average Bonchev–Trinajstić information content (AvgIpc) is 2.60. The van der Waals surface area contributed by atoms with E-state index >= 15 is 0 Å². The van der Waals surface area contributed by atoms with E-state index in [1.165, 1.54) is 0 Å².